The molecule has 0 saturated carbocycles. The van der Waals surface area contributed by atoms with Crippen molar-refractivity contribution in [2.24, 2.45) is 0 Å². The standard InChI is InChI=1S/C21H20FN3O2/c22-19-6-2-1-4-16(19)12-18-13-24-20(27-18)17-5-3-11-25(14-17)21(26)15-7-9-23-10-8-15/h1-2,4,6-10,13,17H,3,5,11-12,14H2/t17-/m0/s1. The minimum Gasteiger partial charge on any atom is -0.445 e. The zero-order valence-electron chi connectivity index (χ0n) is 14.8. The van der Waals surface area contributed by atoms with Gasteiger partial charge in [-0.3, -0.25) is 9.78 Å². The van der Waals surface area contributed by atoms with Gasteiger partial charge in [-0.15, -0.1) is 0 Å². The lowest BCUT2D eigenvalue weighted by Gasteiger charge is -2.31. The molecule has 0 aliphatic carbocycles. The Kier molecular flexibility index (Phi) is 4.96. The summed E-state index contributed by atoms with van der Waals surface area (Å²) >= 11 is 0. The van der Waals surface area contributed by atoms with Gasteiger partial charge in [0.2, 0.25) is 0 Å². The minimum atomic E-state index is -0.248. The number of nitrogens with zero attached hydrogens (tertiary/aromatic N) is 3. The van der Waals surface area contributed by atoms with Crippen molar-refractivity contribution >= 4 is 5.91 Å². The topological polar surface area (TPSA) is 59.2 Å². The number of oxazole rings is 1. The zero-order valence-corrected chi connectivity index (χ0v) is 14.8. The molecule has 1 saturated heterocycles. The van der Waals surface area contributed by atoms with Crippen LogP contribution in [0.2, 0.25) is 0 Å². The van der Waals surface area contributed by atoms with Gasteiger partial charge in [0.15, 0.2) is 5.89 Å². The SMILES string of the molecule is O=C(c1ccncc1)N1CCC[C@H](c2ncc(Cc3ccccc3F)o2)C1. The molecule has 1 atom stereocenters. The Morgan fingerprint density at radius 3 is 2.85 bits per heavy atom. The number of piperidine rings is 1. The van der Waals surface area contributed by atoms with E-state index in [0.717, 1.165) is 19.4 Å². The summed E-state index contributed by atoms with van der Waals surface area (Å²) in [6.07, 6.45) is 7.08. The Morgan fingerprint density at radius 1 is 1.22 bits per heavy atom. The highest BCUT2D eigenvalue weighted by atomic mass is 19.1. The summed E-state index contributed by atoms with van der Waals surface area (Å²) in [6, 6.07) is 10.1. The highest BCUT2D eigenvalue weighted by Gasteiger charge is 2.28. The van der Waals surface area contributed by atoms with Crippen LogP contribution in [0, 0.1) is 5.82 Å². The number of carbonyl (C=O) groups is 1. The molecule has 0 spiro atoms. The maximum absolute atomic E-state index is 13.8. The van der Waals surface area contributed by atoms with E-state index in [4.69, 9.17) is 4.42 Å². The maximum Gasteiger partial charge on any atom is 0.253 e. The number of hydrogen-bond acceptors (Lipinski definition) is 4. The van der Waals surface area contributed by atoms with Crippen molar-refractivity contribution in [2.75, 3.05) is 13.1 Å². The number of halogens is 1. The Balaban J connectivity index is 1.45. The van der Waals surface area contributed by atoms with Crippen LogP contribution in [-0.2, 0) is 6.42 Å². The minimum absolute atomic E-state index is 0.000219. The first-order valence-electron chi connectivity index (χ1n) is 9.08. The largest absolute Gasteiger partial charge is 0.445 e. The van der Waals surface area contributed by atoms with Gasteiger partial charge < -0.3 is 9.32 Å². The third-order valence-electron chi connectivity index (χ3n) is 4.88. The average molecular weight is 365 g/mol. The lowest BCUT2D eigenvalue weighted by molar-refractivity contribution is 0.0698. The van der Waals surface area contributed by atoms with Crippen LogP contribution in [0.4, 0.5) is 4.39 Å². The third-order valence-corrected chi connectivity index (χ3v) is 4.88. The summed E-state index contributed by atoms with van der Waals surface area (Å²) in [5.74, 6) is 1.06. The molecule has 1 aliphatic rings. The van der Waals surface area contributed by atoms with E-state index in [0.29, 0.717) is 35.7 Å². The molecule has 0 bridgehead atoms. The van der Waals surface area contributed by atoms with Crippen molar-refractivity contribution in [3.05, 3.63) is 83.6 Å². The van der Waals surface area contributed by atoms with Crippen LogP contribution in [-0.4, -0.2) is 33.9 Å². The van der Waals surface area contributed by atoms with Crippen LogP contribution >= 0.6 is 0 Å². The Hall–Kier alpha value is -3.02. The van der Waals surface area contributed by atoms with Crippen LogP contribution in [0.25, 0.3) is 0 Å². The summed E-state index contributed by atoms with van der Waals surface area (Å²) in [4.78, 5) is 22.9. The highest BCUT2D eigenvalue weighted by Crippen LogP contribution is 2.28. The second-order valence-corrected chi connectivity index (χ2v) is 6.76. The van der Waals surface area contributed by atoms with Crippen molar-refractivity contribution in [1.29, 1.82) is 0 Å². The van der Waals surface area contributed by atoms with Gasteiger partial charge in [0.05, 0.1) is 12.1 Å². The Morgan fingerprint density at radius 2 is 2.04 bits per heavy atom. The van der Waals surface area contributed by atoms with Gasteiger partial charge in [-0.05, 0) is 36.6 Å². The predicted molar refractivity (Wildman–Crippen MR) is 97.8 cm³/mol. The summed E-state index contributed by atoms with van der Waals surface area (Å²) in [6.45, 7) is 1.29. The van der Waals surface area contributed by atoms with Crippen molar-refractivity contribution in [1.82, 2.24) is 14.9 Å². The van der Waals surface area contributed by atoms with E-state index >= 15 is 0 Å². The fraction of sp³-hybridized carbons (Fsp3) is 0.286. The number of carbonyl (C=O) groups excluding carboxylic acids is 1. The lowest BCUT2D eigenvalue weighted by Crippen LogP contribution is -2.39. The fourth-order valence-electron chi connectivity index (χ4n) is 3.46. The lowest BCUT2D eigenvalue weighted by atomic mass is 9.97. The molecule has 1 amide bonds. The monoisotopic (exact) mass is 365 g/mol. The molecular weight excluding hydrogens is 345 g/mol. The average Bonchev–Trinajstić information content (AvgIpc) is 3.19. The molecule has 1 fully saturated rings. The van der Waals surface area contributed by atoms with Gasteiger partial charge in [0, 0.05) is 37.5 Å². The van der Waals surface area contributed by atoms with Crippen LogP contribution in [0.15, 0.2) is 59.4 Å². The zero-order chi connectivity index (χ0) is 18.6. The third kappa shape index (κ3) is 3.89. The van der Waals surface area contributed by atoms with E-state index < -0.39 is 0 Å². The molecular formula is C21H20FN3O2. The molecule has 3 heterocycles. The first-order valence-corrected chi connectivity index (χ1v) is 9.08. The molecule has 3 aromatic rings. The van der Waals surface area contributed by atoms with E-state index in [9.17, 15) is 9.18 Å². The van der Waals surface area contributed by atoms with Gasteiger partial charge in [-0.25, -0.2) is 9.37 Å². The van der Waals surface area contributed by atoms with Gasteiger partial charge in [-0.2, -0.15) is 0 Å². The smallest absolute Gasteiger partial charge is 0.253 e. The van der Waals surface area contributed by atoms with Crippen LogP contribution in [0.1, 0.15) is 46.3 Å². The van der Waals surface area contributed by atoms with E-state index in [1.54, 1.807) is 48.9 Å². The molecule has 27 heavy (non-hydrogen) atoms. The summed E-state index contributed by atoms with van der Waals surface area (Å²) < 4.78 is 19.7. The van der Waals surface area contributed by atoms with Crippen molar-refractivity contribution in [3.8, 4) is 0 Å². The first-order chi connectivity index (χ1) is 13.2. The number of likely N-dealkylation sites (tertiary alicyclic amines) is 1. The highest BCUT2D eigenvalue weighted by molar-refractivity contribution is 5.94. The second kappa shape index (κ2) is 7.70. The fourth-order valence-corrected chi connectivity index (χ4v) is 3.46. The summed E-state index contributed by atoms with van der Waals surface area (Å²) in [7, 11) is 0. The number of pyridine rings is 1. The number of amides is 1. The molecule has 138 valence electrons. The molecule has 0 N–H and O–H groups in total. The maximum atomic E-state index is 13.8. The molecule has 2 aromatic heterocycles. The Labute approximate surface area is 156 Å². The molecule has 1 aromatic carbocycles. The number of benzene rings is 1. The van der Waals surface area contributed by atoms with E-state index in [-0.39, 0.29) is 17.6 Å². The van der Waals surface area contributed by atoms with Gasteiger partial charge in [0.25, 0.3) is 5.91 Å². The van der Waals surface area contributed by atoms with Crippen molar-refractivity contribution in [2.45, 2.75) is 25.2 Å². The molecule has 6 heteroatoms. The number of aromatic nitrogens is 2. The molecule has 1 aliphatic heterocycles. The first kappa shape index (κ1) is 17.4. The normalized spacial score (nSPS) is 17.1. The van der Waals surface area contributed by atoms with Crippen LogP contribution < -0.4 is 0 Å². The second-order valence-electron chi connectivity index (χ2n) is 6.76. The van der Waals surface area contributed by atoms with Crippen LogP contribution in [0.3, 0.4) is 0 Å². The quantitative estimate of drug-likeness (QED) is 0.705. The number of rotatable bonds is 4. The van der Waals surface area contributed by atoms with Crippen molar-refractivity contribution in [3.63, 3.8) is 0 Å². The molecule has 4 rings (SSSR count). The van der Waals surface area contributed by atoms with Crippen molar-refractivity contribution < 1.29 is 13.6 Å². The summed E-state index contributed by atoms with van der Waals surface area (Å²) in [5.41, 5.74) is 1.22. The predicted octanol–water partition coefficient (Wildman–Crippen LogP) is 3.82. The number of hydrogen-bond donors (Lipinski definition) is 0. The van der Waals surface area contributed by atoms with Gasteiger partial charge in [-0.1, -0.05) is 18.2 Å². The molecule has 0 unspecified atom stereocenters. The van der Waals surface area contributed by atoms with Gasteiger partial charge in [0.1, 0.15) is 11.6 Å². The molecule has 0 radical (unpaired) electrons. The van der Waals surface area contributed by atoms with Crippen LogP contribution in [0.5, 0.6) is 0 Å². The Bertz CT molecular complexity index is 926. The van der Waals surface area contributed by atoms with E-state index in [1.165, 1.54) is 6.07 Å². The van der Waals surface area contributed by atoms with E-state index in [2.05, 4.69) is 9.97 Å². The molecule has 5 nitrogen and oxygen atoms in total. The van der Waals surface area contributed by atoms with Gasteiger partial charge >= 0.3 is 0 Å². The van der Waals surface area contributed by atoms with E-state index in [1.807, 2.05) is 4.90 Å². The summed E-state index contributed by atoms with van der Waals surface area (Å²) in [5, 5.41) is 0.